The van der Waals surface area contributed by atoms with E-state index in [4.69, 9.17) is 34.8 Å². The number of carbonyl (C=O) groups excluding carboxylic acids is 1. The van der Waals surface area contributed by atoms with E-state index in [0.717, 1.165) is 4.68 Å². The number of aromatic nitrogens is 2. The van der Waals surface area contributed by atoms with Crippen molar-refractivity contribution in [1.29, 1.82) is 0 Å². The van der Waals surface area contributed by atoms with Crippen molar-refractivity contribution < 1.29 is 19.8 Å². The van der Waals surface area contributed by atoms with Crippen molar-refractivity contribution in [1.82, 2.24) is 15.1 Å². The van der Waals surface area contributed by atoms with E-state index >= 15 is 0 Å². The van der Waals surface area contributed by atoms with E-state index in [1.54, 1.807) is 42.5 Å². The van der Waals surface area contributed by atoms with Crippen LogP contribution in [0, 0.1) is 0 Å². The number of carboxylic acid groups (broad SMARTS) is 1. The van der Waals surface area contributed by atoms with Crippen LogP contribution in [0.4, 0.5) is 0 Å². The van der Waals surface area contributed by atoms with Gasteiger partial charge in [0.2, 0.25) is 5.88 Å². The van der Waals surface area contributed by atoms with Gasteiger partial charge >= 0.3 is 5.97 Å². The SMILES string of the molecule is O=C(O)CC(NC(=O)c1cc(O)n(-c2ccc(Cl)cc2)n1)c1cccc(Cl)c1Cl. The Balaban J connectivity index is 1.88. The highest BCUT2D eigenvalue weighted by Crippen LogP contribution is 2.31. The number of rotatable bonds is 6. The van der Waals surface area contributed by atoms with Crippen LogP contribution in [-0.2, 0) is 4.79 Å². The first-order valence-electron chi connectivity index (χ1n) is 8.28. The molecule has 1 atom stereocenters. The van der Waals surface area contributed by atoms with Crippen LogP contribution in [0.15, 0.2) is 48.5 Å². The first kappa shape index (κ1) is 21.0. The Hall–Kier alpha value is -2.74. The Morgan fingerprint density at radius 1 is 1.10 bits per heavy atom. The van der Waals surface area contributed by atoms with Crippen molar-refractivity contribution in [2.45, 2.75) is 12.5 Å². The third-order valence-corrected chi connectivity index (χ3v) is 5.12. The summed E-state index contributed by atoms with van der Waals surface area (Å²) in [6, 6.07) is 11.4. The lowest BCUT2D eigenvalue weighted by molar-refractivity contribution is -0.137. The maximum absolute atomic E-state index is 12.7. The summed E-state index contributed by atoms with van der Waals surface area (Å²) in [6.07, 6.45) is -0.421. The lowest BCUT2D eigenvalue weighted by Crippen LogP contribution is -2.30. The van der Waals surface area contributed by atoms with Crippen LogP contribution in [0.3, 0.4) is 0 Å². The number of aromatic hydroxyl groups is 1. The summed E-state index contributed by atoms with van der Waals surface area (Å²) >= 11 is 18.0. The summed E-state index contributed by atoms with van der Waals surface area (Å²) in [6.45, 7) is 0. The summed E-state index contributed by atoms with van der Waals surface area (Å²) in [5, 5.41) is 26.9. The standard InChI is InChI=1S/C19H14Cl3N3O4/c20-10-4-6-11(7-5-10)25-16(26)8-15(24-25)19(29)23-14(9-17(27)28)12-2-1-3-13(21)18(12)22/h1-8,14,26H,9H2,(H,23,29)(H,27,28). The second-order valence-electron chi connectivity index (χ2n) is 6.04. The molecule has 0 spiro atoms. The highest BCUT2D eigenvalue weighted by Gasteiger charge is 2.24. The van der Waals surface area contributed by atoms with E-state index in [-0.39, 0.29) is 21.6 Å². The minimum absolute atomic E-state index is 0.106. The van der Waals surface area contributed by atoms with Crippen LogP contribution in [0.5, 0.6) is 5.88 Å². The van der Waals surface area contributed by atoms with Gasteiger partial charge in [-0.1, -0.05) is 46.9 Å². The third-order valence-electron chi connectivity index (χ3n) is 4.04. The molecule has 10 heteroatoms. The Morgan fingerprint density at radius 3 is 2.45 bits per heavy atom. The lowest BCUT2D eigenvalue weighted by atomic mass is 10.0. The normalized spacial score (nSPS) is 11.8. The molecular formula is C19H14Cl3N3O4. The molecule has 0 saturated carbocycles. The molecular weight excluding hydrogens is 441 g/mol. The van der Waals surface area contributed by atoms with E-state index in [2.05, 4.69) is 10.4 Å². The van der Waals surface area contributed by atoms with Crippen LogP contribution >= 0.6 is 34.8 Å². The predicted molar refractivity (Wildman–Crippen MR) is 109 cm³/mol. The van der Waals surface area contributed by atoms with Crippen molar-refractivity contribution in [2.75, 3.05) is 0 Å². The number of hydrogen-bond donors (Lipinski definition) is 3. The second-order valence-corrected chi connectivity index (χ2v) is 7.26. The molecule has 3 aromatic rings. The molecule has 7 nitrogen and oxygen atoms in total. The molecule has 0 aliphatic carbocycles. The number of benzene rings is 2. The highest BCUT2D eigenvalue weighted by molar-refractivity contribution is 6.42. The van der Waals surface area contributed by atoms with Gasteiger partial charge in [0, 0.05) is 11.1 Å². The van der Waals surface area contributed by atoms with Gasteiger partial charge in [-0.25, -0.2) is 4.68 Å². The summed E-state index contributed by atoms with van der Waals surface area (Å²) in [5.41, 5.74) is 0.744. The fraction of sp³-hybridized carbons (Fsp3) is 0.105. The molecule has 150 valence electrons. The molecule has 1 amide bonds. The highest BCUT2D eigenvalue weighted by atomic mass is 35.5. The summed E-state index contributed by atoms with van der Waals surface area (Å²) in [5.74, 6) is -2.09. The average Bonchev–Trinajstić information content (AvgIpc) is 3.05. The molecule has 1 heterocycles. The van der Waals surface area contributed by atoms with Crippen LogP contribution in [-0.4, -0.2) is 31.9 Å². The molecule has 0 fully saturated rings. The predicted octanol–water partition coefficient (Wildman–Crippen LogP) is 4.48. The average molecular weight is 455 g/mol. The van der Waals surface area contributed by atoms with Crippen LogP contribution in [0.25, 0.3) is 5.69 Å². The molecule has 1 aromatic heterocycles. The third kappa shape index (κ3) is 4.82. The quantitative estimate of drug-likeness (QED) is 0.509. The van der Waals surface area contributed by atoms with E-state index in [9.17, 15) is 19.8 Å². The van der Waals surface area contributed by atoms with Gasteiger partial charge in [-0.05, 0) is 35.9 Å². The van der Waals surface area contributed by atoms with Gasteiger partial charge in [0.1, 0.15) is 0 Å². The maximum Gasteiger partial charge on any atom is 0.305 e. The minimum atomic E-state index is -1.14. The van der Waals surface area contributed by atoms with E-state index < -0.39 is 24.3 Å². The number of halogens is 3. The Morgan fingerprint density at radius 2 is 1.79 bits per heavy atom. The smallest absolute Gasteiger partial charge is 0.305 e. The molecule has 0 aliphatic heterocycles. The van der Waals surface area contributed by atoms with Gasteiger partial charge in [0.15, 0.2) is 5.69 Å². The minimum Gasteiger partial charge on any atom is -0.493 e. The lowest BCUT2D eigenvalue weighted by Gasteiger charge is -2.18. The Kier molecular flexibility index (Phi) is 6.32. The van der Waals surface area contributed by atoms with Crippen molar-refractivity contribution in [3.8, 4) is 11.6 Å². The van der Waals surface area contributed by atoms with Gasteiger partial charge in [-0.2, -0.15) is 5.10 Å². The number of carbonyl (C=O) groups is 2. The van der Waals surface area contributed by atoms with Crippen molar-refractivity contribution in [3.63, 3.8) is 0 Å². The Bertz CT molecular complexity index is 1070. The van der Waals surface area contributed by atoms with E-state index in [1.807, 2.05) is 0 Å². The zero-order valence-electron chi connectivity index (χ0n) is 14.6. The van der Waals surface area contributed by atoms with Crippen LogP contribution < -0.4 is 5.32 Å². The molecule has 0 aliphatic rings. The molecule has 0 saturated heterocycles. The number of carboxylic acids is 1. The topological polar surface area (TPSA) is 104 Å². The fourth-order valence-corrected chi connectivity index (χ4v) is 3.26. The number of nitrogens with zero attached hydrogens (tertiary/aromatic N) is 2. The van der Waals surface area contributed by atoms with Gasteiger partial charge in [0.25, 0.3) is 5.91 Å². The molecule has 0 radical (unpaired) electrons. The monoisotopic (exact) mass is 453 g/mol. The fourth-order valence-electron chi connectivity index (χ4n) is 2.69. The van der Waals surface area contributed by atoms with Gasteiger partial charge in [-0.3, -0.25) is 9.59 Å². The largest absolute Gasteiger partial charge is 0.493 e. The van der Waals surface area contributed by atoms with Crippen LogP contribution in [0.1, 0.15) is 28.5 Å². The number of hydrogen-bond acceptors (Lipinski definition) is 4. The van der Waals surface area contributed by atoms with Crippen molar-refractivity contribution in [3.05, 3.63) is 74.9 Å². The number of aliphatic carboxylic acids is 1. The van der Waals surface area contributed by atoms with Gasteiger partial charge < -0.3 is 15.5 Å². The van der Waals surface area contributed by atoms with Gasteiger partial charge in [0.05, 0.1) is 28.2 Å². The molecule has 2 aromatic carbocycles. The second kappa shape index (κ2) is 8.73. The molecule has 29 heavy (non-hydrogen) atoms. The maximum atomic E-state index is 12.7. The first-order valence-corrected chi connectivity index (χ1v) is 9.41. The molecule has 0 bridgehead atoms. The molecule has 3 N–H and O–H groups in total. The Labute approximate surface area is 180 Å². The number of amides is 1. The summed E-state index contributed by atoms with van der Waals surface area (Å²) in [7, 11) is 0. The van der Waals surface area contributed by atoms with Crippen molar-refractivity contribution in [2.24, 2.45) is 0 Å². The summed E-state index contributed by atoms with van der Waals surface area (Å²) < 4.78 is 1.16. The zero-order chi connectivity index (χ0) is 21.1. The zero-order valence-corrected chi connectivity index (χ0v) is 16.9. The van der Waals surface area contributed by atoms with Crippen molar-refractivity contribution >= 4 is 46.7 Å². The van der Waals surface area contributed by atoms with E-state index in [1.165, 1.54) is 6.07 Å². The van der Waals surface area contributed by atoms with E-state index in [0.29, 0.717) is 16.3 Å². The summed E-state index contributed by atoms with van der Waals surface area (Å²) in [4.78, 5) is 23.9. The number of nitrogens with one attached hydrogen (secondary N) is 1. The molecule has 1 unspecified atom stereocenters. The van der Waals surface area contributed by atoms with Gasteiger partial charge in [-0.15, -0.1) is 0 Å². The van der Waals surface area contributed by atoms with Crippen LogP contribution in [0.2, 0.25) is 15.1 Å². The molecule has 3 rings (SSSR count). The first-order chi connectivity index (χ1) is 13.8.